The lowest BCUT2D eigenvalue weighted by atomic mass is 9.95. The van der Waals surface area contributed by atoms with E-state index in [2.05, 4.69) is 10.2 Å². The number of hydrogen-bond donors (Lipinski definition) is 3. The first-order chi connectivity index (χ1) is 19.2. The Morgan fingerprint density at radius 2 is 1.66 bits per heavy atom. The Morgan fingerprint density at radius 3 is 2.32 bits per heavy atom. The van der Waals surface area contributed by atoms with Crippen molar-refractivity contribution in [1.82, 2.24) is 15.2 Å². The summed E-state index contributed by atoms with van der Waals surface area (Å²) in [6.07, 6.45) is 4.61. The summed E-state index contributed by atoms with van der Waals surface area (Å²) in [4.78, 5) is 28.6. The second-order valence-electron chi connectivity index (χ2n) is 9.81. The average molecular weight is 625 g/mol. The van der Waals surface area contributed by atoms with Gasteiger partial charge in [0.1, 0.15) is 11.4 Å². The van der Waals surface area contributed by atoms with E-state index >= 15 is 0 Å². The Labute approximate surface area is 257 Å². The zero-order chi connectivity index (χ0) is 29.1. The van der Waals surface area contributed by atoms with Crippen LogP contribution in [0.1, 0.15) is 49.0 Å². The van der Waals surface area contributed by atoms with Crippen LogP contribution >= 0.6 is 35.6 Å². The van der Waals surface area contributed by atoms with Crippen molar-refractivity contribution >= 4 is 47.7 Å². The predicted molar refractivity (Wildman–Crippen MR) is 166 cm³/mol. The van der Waals surface area contributed by atoms with Gasteiger partial charge in [0, 0.05) is 34.3 Å². The molecule has 1 heterocycles. The van der Waals surface area contributed by atoms with Crippen molar-refractivity contribution in [3.63, 3.8) is 0 Å². The van der Waals surface area contributed by atoms with Crippen LogP contribution in [0.15, 0.2) is 54.6 Å². The number of aromatic nitrogens is 1. The third-order valence-electron chi connectivity index (χ3n) is 6.44. The highest BCUT2D eigenvalue weighted by atomic mass is 35.5. The highest BCUT2D eigenvalue weighted by Crippen LogP contribution is 2.38. The molecule has 0 aliphatic heterocycles. The van der Waals surface area contributed by atoms with Crippen LogP contribution in [0.2, 0.25) is 10.0 Å². The highest BCUT2D eigenvalue weighted by Gasteiger charge is 2.20. The number of benzene rings is 2. The summed E-state index contributed by atoms with van der Waals surface area (Å²) in [5.41, 5.74) is 3.55. The van der Waals surface area contributed by atoms with E-state index in [0.29, 0.717) is 33.8 Å². The van der Waals surface area contributed by atoms with Gasteiger partial charge in [0.05, 0.1) is 17.3 Å². The fourth-order valence-electron chi connectivity index (χ4n) is 4.53. The molecule has 0 atom stereocenters. The van der Waals surface area contributed by atoms with Crippen molar-refractivity contribution in [2.75, 3.05) is 27.2 Å². The number of halogens is 3. The molecule has 0 spiro atoms. The van der Waals surface area contributed by atoms with Crippen LogP contribution in [0.4, 0.5) is 4.79 Å². The molecule has 3 N–H and O–H groups in total. The number of pyridine rings is 1. The van der Waals surface area contributed by atoms with Gasteiger partial charge in [0.25, 0.3) is 5.91 Å². The van der Waals surface area contributed by atoms with E-state index in [4.69, 9.17) is 47.9 Å². The first kappa shape index (κ1) is 34.2. The summed E-state index contributed by atoms with van der Waals surface area (Å²) in [7, 11) is 4.07. The van der Waals surface area contributed by atoms with E-state index in [1.807, 2.05) is 62.6 Å². The quantitative estimate of drug-likeness (QED) is 0.209. The number of carbonyl (C=O) groups is 2. The molecule has 1 amide bonds. The molecule has 3 aromatic rings. The van der Waals surface area contributed by atoms with Gasteiger partial charge in [-0.05, 0) is 63.7 Å². The van der Waals surface area contributed by atoms with Crippen LogP contribution in [0.3, 0.4) is 0 Å². The molecule has 1 aromatic heterocycles. The van der Waals surface area contributed by atoms with Gasteiger partial charge in [0.15, 0.2) is 0 Å². The van der Waals surface area contributed by atoms with Crippen molar-refractivity contribution in [1.29, 1.82) is 0 Å². The summed E-state index contributed by atoms with van der Waals surface area (Å²) in [6.45, 7) is 1.48. The van der Waals surface area contributed by atoms with E-state index in [-0.39, 0.29) is 24.4 Å². The molecule has 11 heteroatoms. The largest absolute Gasteiger partial charge is 0.503 e. The molecule has 41 heavy (non-hydrogen) atoms. The number of rotatable bonds is 9. The maximum Gasteiger partial charge on any atom is 0.503 e. The zero-order valence-corrected chi connectivity index (χ0v) is 25.4. The number of hydrogen-bond acceptors (Lipinski definition) is 5. The van der Waals surface area contributed by atoms with Gasteiger partial charge in [-0.1, -0.05) is 66.7 Å². The first-order valence-corrected chi connectivity index (χ1v) is 14.0. The highest BCUT2D eigenvalue weighted by molar-refractivity contribution is 6.33. The summed E-state index contributed by atoms with van der Waals surface area (Å²) in [5.74, 6) is 0.444. The van der Waals surface area contributed by atoms with Gasteiger partial charge in [-0.2, -0.15) is 0 Å². The molecule has 4 rings (SSSR count). The van der Waals surface area contributed by atoms with Gasteiger partial charge in [-0.15, -0.1) is 12.4 Å². The second-order valence-corrected chi connectivity index (χ2v) is 10.6. The van der Waals surface area contributed by atoms with Crippen LogP contribution in [0, 0.1) is 0 Å². The molecule has 0 saturated heterocycles. The number of nitrogens with zero attached hydrogens (tertiary/aromatic N) is 2. The lowest BCUT2D eigenvalue weighted by Gasteiger charge is -2.22. The van der Waals surface area contributed by atoms with Crippen molar-refractivity contribution in [2.45, 2.75) is 44.6 Å². The SMILES string of the molecule is CN(C)CCCOc1cc(-c2nc(C(=O)NC3CCCCC3)ccc2-c2ccccc2Cl)ccc1Cl.Cl.O=C(O)O. The van der Waals surface area contributed by atoms with Crippen molar-refractivity contribution < 1.29 is 24.5 Å². The van der Waals surface area contributed by atoms with Gasteiger partial charge < -0.3 is 25.2 Å². The van der Waals surface area contributed by atoms with Crippen LogP contribution in [-0.2, 0) is 0 Å². The molecule has 8 nitrogen and oxygen atoms in total. The molecule has 0 unspecified atom stereocenters. The number of carbonyl (C=O) groups excluding carboxylic acids is 1. The smallest absolute Gasteiger partial charge is 0.492 e. The predicted octanol–water partition coefficient (Wildman–Crippen LogP) is 7.76. The topological polar surface area (TPSA) is 112 Å². The maximum absolute atomic E-state index is 13.1. The molecule has 1 fully saturated rings. The van der Waals surface area contributed by atoms with Gasteiger partial charge in [0.2, 0.25) is 0 Å². The Kier molecular flexibility index (Phi) is 14.2. The fourth-order valence-corrected chi connectivity index (χ4v) is 4.94. The summed E-state index contributed by atoms with van der Waals surface area (Å²) < 4.78 is 6.01. The van der Waals surface area contributed by atoms with E-state index in [1.54, 1.807) is 6.07 Å². The zero-order valence-electron chi connectivity index (χ0n) is 23.1. The van der Waals surface area contributed by atoms with E-state index < -0.39 is 6.16 Å². The lowest BCUT2D eigenvalue weighted by Crippen LogP contribution is -2.36. The van der Waals surface area contributed by atoms with Gasteiger partial charge >= 0.3 is 6.16 Å². The van der Waals surface area contributed by atoms with Gasteiger partial charge in [-0.25, -0.2) is 9.78 Å². The molecule has 2 aromatic carbocycles. The van der Waals surface area contributed by atoms with Crippen molar-refractivity contribution in [3.8, 4) is 28.1 Å². The normalized spacial score (nSPS) is 13.0. The van der Waals surface area contributed by atoms with Crippen molar-refractivity contribution in [2.24, 2.45) is 0 Å². The van der Waals surface area contributed by atoms with E-state index in [9.17, 15) is 4.79 Å². The van der Waals surface area contributed by atoms with Crippen LogP contribution < -0.4 is 10.1 Å². The standard InChI is InChI=1S/C29H33Cl2N3O2.CH2O3.ClH/c1-34(2)17-8-18-36-27-19-20(13-15-25(27)31)28-23(22-11-6-7-12-24(22)30)14-16-26(33-28)29(35)32-21-9-4-3-5-10-21;2-1(3)4;/h6-7,11-16,19,21H,3-5,8-10,17-18H2,1-2H3,(H,32,35);(H2,2,3,4);1H. The molecule has 1 saturated carbocycles. The number of ether oxygens (including phenoxy) is 1. The maximum atomic E-state index is 13.1. The fraction of sp³-hybridized carbons (Fsp3) is 0.367. The first-order valence-electron chi connectivity index (χ1n) is 13.2. The average Bonchev–Trinajstić information content (AvgIpc) is 2.92. The molecule has 0 bridgehead atoms. The van der Waals surface area contributed by atoms with Crippen LogP contribution in [0.25, 0.3) is 22.4 Å². The third-order valence-corrected chi connectivity index (χ3v) is 7.09. The summed E-state index contributed by atoms with van der Waals surface area (Å²) in [5, 5.41) is 18.3. The van der Waals surface area contributed by atoms with E-state index in [0.717, 1.165) is 55.3 Å². The Bertz CT molecular complexity index is 1300. The monoisotopic (exact) mass is 623 g/mol. The molecule has 0 radical (unpaired) electrons. The molecular weight excluding hydrogens is 589 g/mol. The number of nitrogens with one attached hydrogen (secondary N) is 1. The second kappa shape index (κ2) is 17.0. The molecular formula is C30H36Cl3N3O5. The van der Waals surface area contributed by atoms with Crippen LogP contribution in [-0.4, -0.2) is 65.4 Å². The third kappa shape index (κ3) is 10.7. The summed E-state index contributed by atoms with van der Waals surface area (Å²) >= 11 is 13.0. The Morgan fingerprint density at radius 1 is 0.976 bits per heavy atom. The number of carboxylic acid groups (broad SMARTS) is 2. The lowest BCUT2D eigenvalue weighted by molar-refractivity contribution is 0.0922. The Balaban J connectivity index is 0.00000110. The minimum Gasteiger partial charge on any atom is -0.492 e. The summed E-state index contributed by atoms with van der Waals surface area (Å²) in [6, 6.07) is 17.2. The minimum atomic E-state index is -1.83. The molecule has 1 aliphatic rings. The molecule has 222 valence electrons. The minimum absolute atomic E-state index is 0. The van der Waals surface area contributed by atoms with Crippen molar-refractivity contribution in [3.05, 3.63) is 70.3 Å². The van der Waals surface area contributed by atoms with E-state index in [1.165, 1.54) is 6.42 Å². The van der Waals surface area contributed by atoms with Gasteiger partial charge in [-0.3, -0.25) is 4.79 Å². The number of amides is 1. The van der Waals surface area contributed by atoms with Crippen LogP contribution in [0.5, 0.6) is 5.75 Å². The molecule has 1 aliphatic carbocycles. The Hall–Kier alpha value is -3.04.